The van der Waals surface area contributed by atoms with Crippen LogP contribution in [0.15, 0.2) is 89.3 Å². The number of amides is 1. The molecule has 0 radical (unpaired) electrons. The first kappa shape index (κ1) is 20.5. The second-order valence-corrected chi connectivity index (χ2v) is 8.41. The molecule has 2 aliphatic carbocycles. The molecule has 3 aliphatic rings. The lowest BCUT2D eigenvalue weighted by Gasteiger charge is -2.31. The van der Waals surface area contributed by atoms with Crippen molar-refractivity contribution in [2.45, 2.75) is 19.8 Å². The summed E-state index contributed by atoms with van der Waals surface area (Å²) in [5.41, 5.74) is 9.52. The third-order valence-electron chi connectivity index (χ3n) is 6.62. The third kappa shape index (κ3) is 3.41. The number of para-hydroxylation sites is 1. The predicted octanol–water partition coefficient (Wildman–Crippen LogP) is 4.30. The zero-order valence-corrected chi connectivity index (χ0v) is 18.0. The Hall–Kier alpha value is -3.38. The van der Waals surface area contributed by atoms with Crippen LogP contribution in [0.3, 0.4) is 0 Å². The van der Waals surface area contributed by atoms with E-state index in [9.17, 15) is 14.3 Å². The second kappa shape index (κ2) is 8.28. The molecule has 0 saturated carbocycles. The van der Waals surface area contributed by atoms with Crippen LogP contribution >= 0.6 is 0 Å². The van der Waals surface area contributed by atoms with Crippen LogP contribution in [0.5, 0.6) is 0 Å². The van der Waals surface area contributed by atoms with E-state index in [1.807, 2.05) is 41.5 Å². The van der Waals surface area contributed by atoms with Crippen molar-refractivity contribution in [3.05, 3.63) is 95.1 Å². The molecule has 0 saturated heterocycles. The first-order valence-corrected chi connectivity index (χ1v) is 11.0. The van der Waals surface area contributed by atoms with E-state index >= 15 is 0 Å². The Morgan fingerprint density at radius 1 is 1.19 bits per heavy atom. The fourth-order valence-electron chi connectivity index (χ4n) is 5.12. The molecule has 32 heavy (non-hydrogen) atoms. The summed E-state index contributed by atoms with van der Waals surface area (Å²) in [7, 11) is 0. The molecule has 0 aromatic heterocycles. The number of rotatable bonds is 5. The highest BCUT2D eigenvalue weighted by Crippen LogP contribution is 2.48. The molecule has 6 heteroatoms. The lowest BCUT2D eigenvalue weighted by atomic mass is 9.80. The Morgan fingerprint density at radius 3 is 2.66 bits per heavy atom. The molecule has 5 nitrogen and oxygen atoms in total. The summed E-state index contributed by atoms with van der Waals surface area (Å²) in [6.07, 6.45) is 5.75. The fourth-order valence-corrected chi connectivity index (χ4v) is 5.12. The van der Waals surface area contributed by atoms with E-state index in [0.29, 0.717) is 0 Å². The first-order valence-electron chi connectivity index (χ1n) is 11.0. The van der Waals surface area contributed by atoms with Crippen molar-refractivity contribution < 1.29 is 14.3 Å². The number of carbonyl (C=O) groups is 1. The van der Waals surface area contributed by atoms with Gasteiger partial charge in [0.2, 0.25) is 5.91 Å². The molecule has 2 aromatic carbocycles. The Balaban J connectivity index is 1.47. The van der Waals surface area contributed by atoms with E-state index in [1.165, 1.54) is 23.3 Å². The standard InChI is InChI=1S/C26H26FN3O2/c1-17-23-16-28-30(21-10-8-19(27)9-11-21)24(23)15-18-7-12-22(25(17)18)26(32)29(13-14-31)20-5-3-2-4-6-20/h2-6,8-11,15-17,22,28,31H,7,12-14H2,1H3/t17-,22-/m0/s1. The quantitative estimate of drug-likeness (QED) is 0.741. The molecule has 1 heterocycles. The van der Waals surface area contributed by atoms with Crippen molar-refractivity contribution >= 4 is 17.3 Å². The number of hydrazine groups is 1. The van der Waals surface area contributed by atoms with Crippen LogP contribution in [0.25, 0.3) is 0 Å². The van der Waals surface area contributed by atoms with E-state index in [1.54, 1.807) is 17.0 Å². The summed E-state index contributed by atoms with van der Waals surface area (Å²) < 4.78 is 13.4. The summed E-state index contributed by atoms with van der Waals surface area (Å²) in [5.74, 6) is -0.336. The molecule has 2 atom stereocenters. The fraction of sp³-hybridized carbons (Fsp3) is 0.269. The molecule has 1 amide bonds. The van der Waals surface area contributed by atoms with Crippen molar-refractivity contribution in [3.63, 3.8) is 0 Å². The molecule has 1 aliphatic heterocycles. The smallest absolute Gasteiger partial charge is 0.234 e. The third-order valence-corrected chi connectivity index (χ3v) is 6.62. The molecule has 164 valence electrons. The number of hydrogen-bond donors (Lipinski definition) is 2. The summed E-state index contributed by atoms with van der Waals surface area (Å²) in [6, 6.07) is 16.0. The lowest BCUT2D eigenvalue weighted by molar-refractivity contribution is -0.121. The van der Waals surface area contributed by atoms with Crippen LogP contribution in [0.2, 0.25) is 0 Å². The molecule has 0 spiro atoms. The van der Waals surface area contributed by atoms with Gasteiger partial charge in [0.05, 0.1) is 23.9 Å². The minimum Gasteiger partial charge on any atom is -0.395 e. The summed E-state index contributed by atoms with van der Waals surface area (Å²) in [6.45, 7) is 2.34. The Bertz CT molecular complexity index is 1120. The number of aliphatic hydroxyl groups excluding tert-OH is 1. The summed E-state index contributed by atoms with van der Waals surface area (Å²) in [4.78, 5) is 15.3. The molecular weight excluding hydrogens is 405 g/mol. The summed E-state index contributed by atoms with van der Waals surface area (Å²) >= 11 is 0. The van der Waals surface area contributed by atoms with E-state index in [0.717, 1.165) is 35.5 Å². The molecule has 0 bridgehead atoms. The monoisotopic (exact) mass is 431 g/mol. The van der Waals surface area contributed by atoms with Crippen molar-refractivity contribution in [3.8, 4) is 0 Å². The molecule has 0 unspecified atom stereocenters. The highest BCUT2D eigenvalue weighted by atomic mass is 19.1. The van der Waals surface area contributed by atoms with Crippen LogP contribution in [0, 0.1) is 17.7 Å². The van der Waals surface area contributed by atoms with Crippen molar-refractivity contribution in [1.29, 1.82) is 0 Å². The highest BCUT2D eigenvalue weighted by Gasteiger charge is 2.41. The van der Waals surface area contributed by atoms with Crippen molar-refractivity contribution in [2.24, 2.45) is 11.8 Å². The number of aliphatic hydroxyl groups is 1. The number of benzene rings is 2. The number of nitrogens with one attached hydrogen (secondary N) is 1. The van der Waals surface area contributed by atoms with Crippen LogP contribution in [-0.4, -0.2) is 24.2 Å². The van der Waals surface area contributed by atoms with Gasteiger partial charge in [-0.3, -0.25) is 9.80 Å². The zero-order chi connectivity index (χ0) is 22.2. The van der Waals surface area contributed by atoms with E-state index in [-0.39, 0.29) is 36.7 Å². The van der Waals surface area contributed by atoms with Gasteiger partial charge in [0.1, 0.15) is 5.82 Å². The zero-order valence-electron chi connectivity index (χ0n) is 18.0. The van der Waals surface area contributed by atoms with Gasteiger partial charge in [-0.05, 0) is 66.5 Å². The number of nitrogens with zero attached hydrogens (tertiary/aromatic N) is 2. The topological polar surface area (TPSA) is 55.8 Å². The van der Waals surface area contributed by atoms with Gasteiger partial charge in [-0.15, -0.1) is 0 Å². The lowest BCUT2D eigenvalue weighted by Crippen LogP contribution is -2.39. The van der Waals surface area contributed by atoms with E-state index < -0.39 is 0 Å². The number of allylic oxidation sites excluding steroid dienone is 3. The van der Waals surface area contributed by atoms with Crippen LogP contribution in [0.1, 0.15) is 19.8 Å². The Morgan fingerprint density at radius 2 is 1.94 bits per heavy atom. The summed E-state index contributed by atoms with van der Waals surface area (Å²) in [5, 5.41) is 11.6. The van der Waals surface area contributed by atoms with E-state index in [2.05, 4.69) is 18.4 Å². The van der Waals surface area contributed by atoms with Crippen LogP contribution in [0.4, 0.5) is 15.8 Å². The first-order chi connectivity index (χ1) is 15.6. The minimum absolute atomic E-state index is 0.0425. The van der Waals surface area contributed by atoms with Crippen molar-refractivity contribution in [2.75, 3.05) is 23.1 Å². The Labute approximate surface area is 187 Å². The molecule has 2 aromatic rings. The average Bonchev–Trinajstić information content (AvgIpc) is 3.43. The number of halogens is 1. The number of hydrogen-bond acceptors (Lipinski definition) is 4. The molecule has 5 rings (SSSR count). The highest BCUT2D eigenvalue weighted by molar-refractivity contribution is 5.97. The van der Waals surface area contributed by atoms with Crippen LogP contribution in [-0.2, 0) is 4.79 Å². The maximum absolute atomic E-state index is 13.6. The predicted molar refractivity (Wildman–Crippen MR) is 123 cm³/mol. The van der Waals surface area contributed by atoms with E-state index in [4.69, 9.17) is 0 Å². The molecular formula is C26H26FN3O2. The van der Waals surface area contributed by atoms with Gasteiger partial charge in [0.15, 0.2) is 0 Å². The molecule has 0 fully saturated rings. The normalized spacial score (nSPS) is 21.5. The molecule has 2 N–H and O–H groups in total. The minimum atomic E-state index is -0.264. The van der Waals surface area contributed by atoms with Gasteiger partial charge in [0.25, 0.3) is 0 Å². The van der Waals surface area contributed by atoms with Gasteiger partial charge in [0, 0.05) is 29.9 Å². The Kier molecular flexibility index (Phi) is 5.31. The van der Waals surface area contributed by atoms with Gasteiger partial charge in [-0.2, -0.15) is 0 Å². The number of anilines is 2. The van der Waals surface area contributed by atoms with Crippen LogP contribution < -0.4 is 15.3 Å². The van der Waals surface area contributed by atoms with Gasteiger partial charge in [-0.25, -0.2) is 4.39 Å². The SMILES string of the molecule is C[C@H]1C2=CNN(c3ccc(F)cc3)C2=CC2=C1[C@@H](C(=O)N(CCO)c1ccccc1)CC2. The number of carbonyl (C=O) groups excluding carboxylic acids is 1. The second-order valence-electron chi connectivity index (χ2n) is 8.41. The van der Waals surface area contributed by atoms with Gasteiger partial charge in [-0.1, -0.05) is 25.1 Å². The van der Waals surface area contributed by atoms with Gasteiger partial charge >= 0.3 is 0 Å². The largest absolute Gasteiger partial charge is 0.395 e. The number of fused-ring (bicyclic) bond motifs is 1. The average molecular weight is 432 g/mol. The maximum atomic E-state index is 13.6. The van der Waals surface area contributed by atoms with Gasteiger partial charge < -0.3 is 15.4 Å². The maximum Gasteiger partial charge on any atom is 0.234 e. The van der Waals surface area contributed by atoms with Crippen molar-refractivity contribution in [1.82, 2.24) is 5.43 Å².